The van der Waals surface area contributed by atoms with Crippen molar-refractivity contribution in [2.24, 2.45) is 5.73 Å². The van der Waals surface area contributed by atoms with Gasteiger partial charge in [0.15, 0.2) is 0 Å². The van der Waals surface area contributed by atoms with Gasteiger partial charge in [0.25, 0.3) is 0 Å². The Balaban J connectivity index is 2.97. The van der Waals surface area contributed by atoms with Crippen LogP contribution in [0.3, 0.4) is 0 Å². The van der Waals surface area contributed by atoms with Crippen molar-refractivity contribution in [3.05, 3.63) is 0 Å². The third-order valence-corrected chi connectivity index (χ3v) is 2.48. The summed E-state index contributed by atoms with van der Waals surface area (Å²) >= 11 is 1.89. The molecule has 2 nitrogen and oxygen atoms in total. The second-order valence-electron chi connectivity index (χ2n) is 2.49. The van der Waals surface area contributed by atoms with Crippen molar-refractivity contribution < 1.29 is 0 Å². The smallest absolute Gasteiger partial charge is 0.0935 e. The largest absolute Gasteiger partial charge is 0.316 e. The Bertz CT molecular complexity index is 120. The van der Waals surface area contributed by atoms with E-state index in [4.69, 9.17) is 11.0 Å². The van der Waals surface area contributed by atoms with Crippen LogP contribution in [0, 0.1) is 11.3 Å². The standard InChI is InChI=1S/C8H16N2S/c1-2-3-5-11-6-4-8(10)7-9/h8H,2-6,10H2,1H3. The van der Waals surface area contributed by atoms with Crippen molar-refractivity contribution in [3.63, 3.8) is 0 Å². The molecule has 0 aliphatic heterocycles. The number of rotatable bonds is 6. The van der Waals surface area contributed by atoms with Gasteiger partial charge in [-0.25, -0.2) is 0 Å². The van der Waals surface area contributed by atoms with E-state index in [1.807, 2.05) is 17.8 Å². The molecular weight excluding hydrogens is 156 g/mol. The van der Waals surface area contributed by atoms with Gasteiger partial charge in [-0.2, -0.15) is 17.0 Å². The van der Waals surface area contributed by atoms with Gasteiger partial charge in [0.2, 0.25) is 0 Å². The van der Waals surface area contributed by atoms with Gasteiger partial charge in [-0.15, -0.1) is 0 Å². The van der Waals surface area contributed by atoms with Gasteiger partial charge in [0.05, 0.1) is 12.1 Å². The van der Waals surface area contributed by atoms with Gasteiger partial charge in [-0.1, -0.05) is 13.3 Å². The molecule has 0 aromatic heterocycles. The molecular formula is C8H16N2S. The Kier molecular flexibility index (Phi) is 7.76. The second-order valence-corrected chi connectivity index (χ2v) is 3.71. The molecule has 1 atom stereocenters. The first-order valence-corrected chi connectivity index (χ1v) is 5.19. The molecule has 0 bridgehead atoms. The zero-order valence-corrected chi connectivity index (χ0v) is 7.86. The number of hydrogen-bond donors (Lipinski definition) is 1. The molecule has 0 fully saturated rings. The number of nitrogens with zero attached hydrogens (tertiary/aromatic N) is 1. The number of thioether (sulfide) groups is 1. The van der Waals surface area contributed by atoms with Crippen LogP contribution in [0.4, 0.5) is 0 Å². The third-order valence-electron chi connectivity index (χ3n) is 1.38. The van der Waals surface area contributed by atoms with E-state index in [2.05, 4.69) is 6.92 Å². The summed E-state index contributed by atoms with van der Waals surface area (Å²) < 4.78 is 0. The van der Waals surface area contributed by atoms with Crippen LogP contribution < -0.4 is 5.73 Å². The average Bonchev–Trinajstić information content (AvgIpc) is 2.04. The number of nitriles is 1. The van der Waals surface area contributed by atoms with Gasteiger partial charge >= 0.3 is 0 Å². The fraction of sp³-hybridized carbons (Fsp3) is 0.875. The van der Waals surface area contributed by atoms with Crippen LogP contribution >= 0.6 is 11.8 Å². The zero-order valence-electron chi connectivity index (χ0n) is 7.05. The van der Waals surface area contributed by atoms with E-state index in [1.54, 1.807) is 0 Å². The molecule has 0 aliphatic rings. The first-order valence-electron chi connectivity index (χ1n) is 4.04. The predicted octanol–water partition coefficient (Wildman–Crippen LogP) is 1.76. The Morgan fingerprint density at radius 2 is 2.27 bits per heavy atom. The first-order chi connectivity index (χ1) is 5.31. The summed E-state index contributed by atoms with van der Waals surface area (Å²) in [4.78, 5) is 0. The van der Waals surface area contributed by atoms with Crippen molar-refractivity contribution in [2.75, 3.05) is 11.5 Å². The van der Waals surface area contributed by atoms with Crippen molar-refractivity contribution >= 4 is 11.8 Å². The lowest BCUT2D eigenvalue weighted by Gasteiger charge is -2.01. The molecule has 0 spiro atoms. The van der Waals surface area contributed by atoms with E-state index in [9.17, 15) is 0 Å². The lowest BCUT2D eigenvalue weighted by molar-refractivity contribution is 0.801. The van der Waals surface area contributed by atoms with E-state index >= 15 is 0 Å². The molecule has 0 amide bonds. The van der Waals surface area contributed by atoms with Crippen LogP contribution in [0.2, 0.25) is 0 Å². The Hall–Kier alpha value is -0.200. The van der Waals surface area contributed by atoms with Crippen molar-refractivity contribution in [1.29, 1.82) is 5.26 Å². The number of unbranched alkanes of at least 4 members (excludes halogenated alkanes) is 1. The molecule has 0 radical (unpaired) electrons. The van der Waals surface area contributed by atoms with E-state index in [1.165, 1.54) is 18.6 Å². The first kappa shape index (κ1) is 10.8. The number of nitrogens with two attached hydrogens (primary N) is 1. The zero-order chi connectivity index (χ0) is 8.53. The highest BCUT2D eigenvalue weighted by Crippen LogP contribution is 2.06. The van der Waals surface area contributed by atoms with Crippen LogP contribution in [-0.2, 0) is 0 Å². The van der Waals surface area contributed by atoms with E-state index < -0.39 is 0 Å². The lowest BCUT2D eigenvalue weighted by atomic mass is 10.3. The highest BCUT2D eigenvalue weighted by atomic mass is 32.2. The summed E-state index contributed by atoms with van der Waals surface area (Å²) in [6.07, 6.45) is 3.34. The highest BCUT2D eigenvalue weighted by Gasteiger charge is 1.97. The van der Waals surface area contributed by atoms with Crippen LogP contribution in [0.15, 0.2) is 0 Å². The molecule has 3 heteroatoms. The summed E-state index contributed by atoms with van der Waals surface area (Å²) in [6, 6.07) is 1.76. The molecule has 0 aromatic rings. The molecule has 0 heterocycles. The molecule has 2 N–H and O–H groups in total. The normalized spacial score (nSPS) is 12.5. The van der Waals surface area contributed by atoms with Crippen molar-refractivity contribution in [1.82, 2.24) is 0 Å². The van der Waals surface area contributed by atoms with E-state index in [0.29, 0.717) is 0 Å². The molecule has 1 unspecified atom stereocenters. The van der Waals surface area contributed by atoms with Crippen molar-refractivity contribution in [3.8, 4) is 6.07 Å². The van der Waals surface area contributed by atoms with Gasteiger partial charge in [0, 0.05) is 0 Å². The Morgan fingerprint density at radius 3 is 2.82 bits per heavy atom. The van der Waals surface area contributed by atoms with Gasteiger partial charge in [-0.3, -0.25) is 0 Å². The van der Waals surface area contributed by atoms with E-state index in [0.717, 1.165) is 12.2 Å². The van der Waals surface area contributed by atoms with Crippen molar-refractivity contribution in [2.45, 2.75) is 32.2 Å². The predicted molar refractivity (Wildman–Crippen MR) is 50.4 cm³/mol. The summed E-state index contributed by atoms with van der Waals surface area (Å²) in [5.74, 6) is 2.23. The topological polar surface area (TPSA) is 49.8 Å². The molecule has 0 rings (SSSR count). The lowest BCUT2D eigenvalue weighted by Crippen LogP contribution is -2.17. The highest BCUT2D eigenvalue weighted by molar-refractivity contribution is 7.99. The minimum absolute atomic E-state index is 0.260. The minimum Gasteiger partial charge on any atom is -0.316 e. The summed E-state index contributed by atoms with van der Waals surface area (Å²) in [5, 5.41) is 8.35. The van der Waals surface area contributed by atoms with Gasteiger partial charge < -0.3 is 5.73 Å². The summed E-state index contributed by atoms with van der Waals surface area (Å²) in [7, 11) is 0. The third kappa shape index (κ3) is 7.70. The quantitative estimate of drug-likeness (QED) is 0.621. The Labute approximate surface area is 73.1 Å². The Morgan fingerprint density at radius 1 is 1.55 bits per heavy atom. The van der Waals surface area contributed by atoms with Crippen LogP contribution in [0.5, 0.6) is 0 Å². The fourth-order valence-electron chi connectivity index (χ4n) is 0.623. The minimum atomic E-state index is -0.260. The maximum absolute atomic E-state index is 8.35. The molecule has 11 heavy (non-hydrogen) atoms. The maximum Gasteiger partial charge on any atom is 0.0935 e. The molecule has 0 aliphatic carbocycles. The average molecular weight is 172 g/mol. The molecule has 0 saturated carbocycles. The molecule has 0 aromatic carbocycles. The van der Waals surface area contributed by atoms with Crippen LogP contribution in [-0.4, -0.2) is 17.5 Å². The summed E-state index contributed by atoms with van der Waals surface area (Å²) in [6.45, 7) is 2.18. The fourth-order valence-corrected chi connectivity index (χ4v) is 1.74. The van der Waals surface area contributed by atoms with Gasteiger partial charge in [-0.05, 0) is 24.3 Å². The number of hydrogen-bond acceptors (Lipinski definition) is 3. The monoisotopic (exact) mass is 172 g/mol. The maximum atomic E-state index is 8.35. The second kappa shape index (κ2) is 7.90. The van der Waals surface area contributed by atoms with E-state index in [-0.39, 0.29) is 6.04 Å². The molecule has 0 saturated heterocycles. The van der Waals surface area contributed by atoms with Crippen LogP contribution in [0.1, 0.15) is 26.2 Å². The molecule has 64 valence electrons. The van der Waals surface area contributed by atoms with Gasteiger partial charge in [0.1, 0.15) is 0 Å². The summed E-state index contributed by atoms with van der Waals surface area (Å²) in [5.41, 5.74) is 5.41. The van der Waals surface area contributed by atoms with Crippen LogP contribution in [0.25, 0.3) is 0 Å². The SMILES string of the molecule is CCCCSCCC(N)C#N.